The molecule has 0 heterocycles. The monoisotopic (exact) mass is 402 g/mol. The van der Waals surface area contributed by atoms with E-state index in [0.29, 0.717) is 12.1 Å². The second-order valence-corrected chi connectivity index (χ2v) is 10.3. The maximum absolute atomic E-state index is 13.7. The smallest absolute Gasteiger partial charge is 0.231 e. The van der Waals surface area contributed by atoms with Gasteiger partial charge in [0, 0.05) is 24.2 Å². The van der Waals surface area contributed by atoms with Crippen molar-refractivity contribution >= 4 is 5.91 Å². The molecule has 29 heavy (non-hydrogen) atoms. The van der Waals surface area contributed by atoms with Gasteiger partial charge in [0.05, 0.1) is 5.41 Å². The minimum absolute atomic E-state index is 0.00470. The van der Waals surface area contributed by atoms with Crippen LogP contribution in [0.25, 0.3) is 0 Å². The van der Waals surface area contributed by atoms with Gasteiger partial charge in [0.1, 0.15) is 0 Å². The number of carbonyl (C=O) groups excluding carboxylic acids is 1. The first kappa shape index (κ1) is 21.9. The molecule has 1 fully saturated rings. The number of carbonyl (C=O) groups is 1. The number of hydrogen-bond donors (Lipinski definition) is 3. The van der Waals surface area contributed by atoms with E-state index in [1.165, 1.54) is 0 Å². The van der Waals surface area contributed by atoms with Crippen LogP contribution in [-0.4, -0.2) is 48.2 Å². The topological polar surface area (TPSA) is 72.8 Å². The van der Waals surface area contributed by atoms with Gasteiger partial charge in [-0.05, 0) is 62.6 Å². The Labute approximate surface area is 175 Å². The summed E-state index contributed by atoms with van der Waals surface area (Å²) in [6.07, 6.45) is 4.51. The molecule has 2 atom stereocenters. The Balaban J connectivity index is 2.16. The van der Waals surface area contributed by atoms with Gasteiger partial charge in [-0.3, -0.25) is 4.79 Å². The van der Waals surface area contributed by atoms with Crippen molar-refractivity contribution in [3.63, 3.8) is 0 Å². The molecule has 162 valence electrons. The maximum atomic E-state index is 13.7. The van der Waals surface area contributed by atoms with Gasteiger partial charge in [-0.2, -0.15) is 0 Å². The molecule has 1 aromatic rings. The van der Waals surface area contributed by atoms with Crippen LogP contribution < -0.4 is 5.32 Å². The first-order chi connectivity index (χ1) is 13.5. The summed E-state index contributed by atoms with van der Waals surface area (Å²) >= 11 is 0. The molecule has 2 aliphatic rings. The second kappa shape index (κ2) is 7.82. The van der Waals surface area contributed by atoms with Crippen molar-refractivity contribution in [1.82, 2.24) is 10.2 Å². The average Bonchev–Trinajstić information content (AvgIpc) is 2.62. The number of aromatic hydroxyl groups is 2. The van der Waals surface area contributed by atoms with Crippen molar-refractivity contribution in [1.29, 1.82) is 0 Å². The van der Waals surface area contributed by atoms with E-state index >= 15 is 0 Å². The number of rotatable bonds is 5. The number of nitrogens with zero attached hydrogens (tertiary/aromatic N) is 1. The fraction of sp³-hybridized carbons (Fsp3) is 0.708. The number of phenols is 2. The van der Waals surface area contributed by atoms with Crippen molar-refractivity contribution < 1.29 is 15.0 Å². The third kappa shape index (κ3) is 3.63. The van der Waals surface area contributed by atoms with Crippen molar-refractivity contribution in [2.75, 3.05) is 27.2 Å². The Morgan fingerprint density at radius 2 is 1.93 bits per heavy atom. The number of nitrogens with one attached hydrogen (secondary N) is 1. The van der Waals surface area contributed by atoms with E-state index in [4.69, 9.17) is 0 Å². The van der Waals surface area contributed by atoms with Crippen molar-refractivity contribution in [3.8, 4) is 11.5 Å². The molecule has 3 rings (SSSR count). The van der Waals surface area contributed by atoms with E-state index in [-0.39, 0.29) is 34.7 Å². The van der Waals surface area contributed by atoms with Crippen molar-refractivity contribution in [2.45, 2.75) is 71.1 Å². The van der Waals surface area contributed by atoms with Crippen molar-refractivity contribution in [2.24, 2.45) is 11.3 Å². The zero-order valence-corrected chi connectivity index (χ0v) is 18.9. The van der Waals surface area contributed by atoms with E-state index in [0.717, 1.165) is 49.8 Å². The van der Waals surface area contributed by atoms with Gasteiger partial charge >= 0.3 is 0 Å². The zero-order valence-electron chi connectivity index (χ0n) is 18.9. The number of benzene rings is 1. The molecule has 5 nitrogen and oxygen atoms in total. The van der Waals surface area contributed by atoms with Crippen LogP contribution in [0.15, 0.2) is 6.07 Å². The number of amides is 1. The number of likely N-dealkylation sites (N-methyl/N-ethyl adjacent to an activating group) is 1. The van der Waals surface area contributed by atoms with Crippen LogP contribution in [0.5, 0.6) is 11.5 Å². The maximum Gasteiger partial charge on any atom is 0.231 e. The summed E-state index contributed by atoms with van der Waals surface area (Å²) in [5.41, 5.74) is 1.70. The van der Waals surface area contributed by atoms with Crippen LogP contribution in [0, 0.1) is 11.3 Å². The van der Waals surface area contributed by atoms with Gasteiger partial charge in [-0.25, -0.2) is 0 Å². The highest BCUT2D eigenvalue weighted by atomic mass is 16.3. The lowest BCUT2D eigenvalue weighted by Gasteiger charge is -2.54. The molecule has 0 aliphatic heterocycles. The van der Waals surface area contributed by atoms with Crippen LogP contribution in [0.4, 0.5) is 0 Å². The van der Waals surface area contributed by atoms with E-state index < -0.39 is 5.41 Å². The van der Waals surface area contributed by atoms with Crippen LogP contribution in [-0.2, 0) is 16.6 Å². The third-order valence-corrected chi connectivity index (χ3v) is 7.34. The number of aryl methyl sites for hydroxylation is 1. The molecule has 1 amide bonds. The predicted molar refractivity (Wildman–Crippen MR) is 117 cm³/mol. The summed E-state index contributed by atoms with van der Waals surface area (Å²) in [4.78, 5) is 15.8. The quantitative estimate of drug-likeness (QED) is 0.653. The van der Waals surface area contributed by atoms with Crippen molar-refractivity contribution in [3.05, 3.63) is 22.8 Å². The number of fused-ring (bicyclic) bond motifs is 3. The molecule has 1 saturated carbocycles. The fourth-order valence-corrected chi connectivity index (χ4v) is 5.88. The Hall–Kier alpha value is -1.75. The Morgan fingerprint density at radius 1 is 1.24 bits per heavy atom. The highest BCUT2D eigenvalue weighted by Gasteiger charge is 2.58. The van der Waals surface area contributed by atoms with Gasteiger partial charge in [-0.1, -0.05) is 40.2 Å². The molecule has 0 saturated heterocycles. The lowest BCUT2D eigenvalue weighted by molar-refractivity contribution is -0.135. The van der Waals surface area contributed by atoms with Gasteiger partial charge in [0.25, 0.3) is 0 Å². The summed E-state index contributed by atoms with van der Waals surface area (Å²) in [7, 11) is 3.98. The summed E-state index contributed by atoms with van der Waals surface area (Å²) < 4.78 is 0. The van der Waals surface area contributed by atoms with E-state index in [2.05, 4.69) is 19.2 Å². The lowest BCUT2D eigenvalue weighted by atomic mass is 9.49. The van der Waals surface area contributed by atoms with Crippen LogP contribution in [0.2, 0.25) is 0 Å². The van der Waals surface area contributed by atoms with Gasteiger partial charge in [-0.15, -0.1) is 0 Å². The SMILES string of the molecule is CC(C)c1cc2c(c(O)c1O)[C@@]1(C(=O)NCCN(C)C)CCCC(C)(C)[C@@H]1CC2. The Bertz CT molecular complexity index is 785. The second-order valence-electron chi connectivity index (χ2n) is 10.3. The third-order valence-electron chi connectivity index (χ3n) is 7.34. The lowest BCUT2D eigenvalue weighted by Crippen LogP contribution is -2.58. The molecule has 0 bridgehead atoms. The first-order valence-electron chi connectivity index (χ1n) is 11.0. The van der Waals surface area contributed by atoms with E-state index in [1.54, 1.807) is 0 Å². The zero-order chi connectivity index (χ0) is 21.6. The molecular formula is C24H38N2O3. The van der Waals surface area contributed by atoms with E-state index in [1.807, 2.05) is 38.9 Å². The summed E-state index contributed by atoms with van der Waals surface area (Å²) in [5.74, 6) is 0.132. The summed E-state index contributed by atoms with van der Waals surface area (Å²) in [6, 6.07) is 2.03. The fourth-order valence-electron chi connectivity index (χ4n) is 5.88. The van der Waals surface area contributed by atoms with Crippen LogP contribution in [0.3, 0.4) is 0 Å². The molecule has 2 aliphatic carbocycles. The van der Waals surface area contributed by atoms with Gasteiger partial charge in [0.2, 0.25) is 5.91 Å². The number of hydrogen-bond acceptors (Lipinski definition) is 4. The largest absolute Gasteiger partial charge is 0.504 e. The Morgan fingerprint density at radius 3 is 2.55 bits per heavy atom. The molecule has 3 N–H and O–H groups in total. The highest BCUT2D eigenvalue weighted by molar-refractivity contribution is 5.91. The average molecular weight is 403 g/mol. The predicted octanol–water partition coefficient (Wildman–Crippen LogP) is 3.91. The molecule has 0 aromatic heterocycles. The molecule has 0 radical (unpaired) electrons. The minimum atomic E-state index is -0.779. The van der Waals surface area contributed by atoms with Gasteiger partial charge < -0.3 is 20.4 Å². The van der Waals surface area contributed by atoms with Crippen LogP contribution >= 0.6 is 0 Å². The van der Waals surface area contributed by atoms with Gasteiger partial charge in [0.15, 0.2) is 11.5 Å². The minimum Gasteiger partial charge on any atom is -0.504 e. The summed E-state index contributed by atoms with van der Waals surface area (Å²) in [6.45, 7) is 9.88. The standard InChI is InChI=1S/C24H38N2O3/c1-15(2)17-14-16-8-9-18-23(3,4)10-7-11-24(18,19(16)21(28)20(17)27)22(29)25-12-13-26(5)6/h14-15,18,27-28H,7-13H2,1-6H3,(H,25,29)/t18-,24+/m0/s1. The molecule has 0 spiro atoms. The Kier molecular flexibility index (Phi) is 5.92. The molecule has 1 aromatic carbocycles. The molecule has 5 heteroatoms. The first-order valence-corrected chi connectivity index (χ1v) is 11.0. The number of phenolic OH excluding ortho intramolecular Hbond substituents is 2. The molecule has 0 unspecified atom stereocenters. The normalized spacial score (nSPS) is 25.6. The van der Waals surface area contributed by atoms with E-state index in [9.17, 15) is 15.0 Å². The molecular weight excluding hydrogens is 364 g/mol. The van der Waals surface area contributed by atoms with Crippen LogP contribution in [0.1, 0.15) is 76.0 Å². The summed E-state index contributed by atoms with van der Waals surface area (Å²) in [5, 5.41) is 25.1. The highest BCUT2D eigenvalue weighted by Crippen LogP contribution is 2.60.